The van der Waals surface area contributed by atoms with Crippen LogP contribution in [0.1, 0.15) is 0 Å². The van der Waals surface area contributed by atoms with Crippen LogP contribution >= 0.6 is 7.26 Å². The topological polar surface area (TPSA) is 54.4 Å². The van der Waals surface area contributed by atoms with E-state index in [0.717, 1.165) is 5.30 Å². The quantitative estimate of drug-likeness (QED) is 0.576. The maximum absolute atomic E-state index is 11.3. The van der Waals surface area contributed by atoms with Crippen LogP contribution in [0.25, 0.3) is 0 Å². The summed E-state index contributed by atoms with van der Waals surface area (Å²) in [6.45, 7) is 2.25. The first-order valence-corrected chi connectivity index (χ1v) is 11.6. The van der Waals surface area contributed by atoms with Gasteiger partial charge in [0.05, 0.1) is 0 Å². The Hall–Kier alpha value is -2.00. The average molecular weight is 358 g/mol. The third kappa shape index (κ3) is 3.13. The van der Waals surface area contributed by atoms with Crippen molar-refractivity contribution in [1.82, 2.24) is 0 Å². The summed E-state index contributed by atoms with van der Waals surface area (Å²) in [6, 6.07) is 27.1. The first-order valence-electron chi connectivity index (χ1n) is 7.61. The Kier molecular flexibility index (Phi) is 4.55. The summed E-state index contributed by atoms with van der Waals surface area (Å²) in [4.78, 5) is -0.0799. The van der Waals surface area contributed by atoms with E-state index in [1.807, 2.05) is 48.5 Å². The molecule has 3 aromatic rings. The zero-order valence-electron chi connectivity index (χ0n) is 13.3. The number of benzene rings is 3. The third-order valence-corrected chi connectivity index (χ3v) is 9.76. The molecule has 0 spiro atoms. The molecule has 5 heteroatoms. The molecular weight excluding hydrogens is 339 g/mol. The predicted molar refractivity (Wildman–Crippen MR) is 102 cm³/mol. The van der Waals surface area contributed by atoms with E-state index in [2.05, 4.69) is 30.9 Å². The number of hydrogen-bond donors (Lipinski definition) is 1. The fourth-order valence-electron chi connectivity index (χ4n) is 3.00. The zero-order chi connectivity index (χ0) is 17.2. The van der Waals surface area contributed by atoms with Crippen LogP contribution in [0.15, 0.2) is 89.8 Å². The molecule has 0 bridgehead atoms. The SMILES string of the molecule is C[PH](c1ccccc1)(c1ccccc1)c1ccc(S(=O)(=O)O)cc1. The summed E-state index contributed by atoms with van der Waals surface area (Å²) in [7, 11) is -6.42. The van der Waals surface area contributed by atoms with Gasteiger partial charge in [-0.1, -0.05) is 0 Å². The van der Waals surface area contributed by atoms with Crippen LogP contribution in [0.5, 0.6) is 0 Å². The van der Waals surface area contributed by atoms with E-state index in [1.165, 1.54) is 22.7 Å². The van der Waals surface area contributed by atoms with Gasteiger partial charge in [0.1, 0.15) is 0 Å². The molecular formula is C19H19O3PS. The molecule has 3 aromatic carbocycles. The van der Waals surface area contributed by atoms with E-state index in [9.17, 15) is 13.0 Å². The van der Waals surface area contributed by atoms with Gasteiger partial charge in [-0.25, -0.2) is 0 Å². The summed E-state index contributed by atoms with van der Waals surface area (Å²) < 4.78 is 31.8. The van der Waals surface area contributed by atoms with Crippen LogP contribution in [0, 0.1) is 0 Å². The molecule has 3 rings (SSSR count). The Morgan fingerprint density at radius 2 is 1.04 bits per heavy atom. The third-order valence-electron chi connectivity index (χ3n) is 4.43. The Labute approximate surface area is 143 Å². The van der Waals surface area contributed by atoms with Crippen LogP contribution in [0.2, 0.25) is 0 Å². The van der Waals surface area contributed by atoms with Gasteiger partial charge in [-0.3, -0.25) is 0 Å². The minimum absolute atomic E-state index is 0.0799. The van der Waals surface area contributed by atoms with Gasteiger partial charge in [-0.15, -0.1) is 0 Å². The molecule has 3 nitrogen and oxygen atoms in total. The number of rotatable bonds is 4. The van der Waals surface area contributed by atoms with Crippen molar-refractivity contribution in [2.24, 2.45) is 0 Å². The monoisotopic (exact) mass is 358 g/mol. The Balaban J connectivity index is 2.20. The fourth-order valence-corrected chi connectivity index (χ4v) is 7.03. The van der Waals surface area contributed by atoms with E-state index in [0.29, 0.717) is 0 Å². The molecule has 0 aliphatic heterocycles. The van der Waals surface area contributed by atoms with Gasteiger partial charge in [0, 0.05) is 0 Å². The molecule has 0 aliphatic rings. The standard InChI is InChI=1S/C19H19O3PS/c1-23(16-8-4-2-5-9-16,17-10-6-3-7-11-17)18-12-14-19(15-13-18)24(20,21)22/h2-15,23H,1H3,(H,20,21,22). The van der Waals surface area contributed by atoms with E-state index in [-0.39, 0.29) is 4.90 Å². The molecule has 24 heavy (non-hydrogen) atoms. The molecule has 0 amide bonds. The normalized spacial score (nSPS) is 12.8. The molecule has 0 atom stereocenters. The van der Waals surface area contributed by atoms with Crippen LogP contribution in [0.3, 0.4) is 0 Å². The second kappa shape index (κ2) is 6.48. The van der Waals surface area contributed by atoms with Crippen molar-refractivity contribution in [3.05, 3.63) is 84.9 Å². The first-order chi connectivity index (χ1) is 11.4. The molecule has 0 fully saturated rings. The fraction of sp³-hybridized carbons (Fsp3) is 0.0526. The molecule has 0 heterocycles. The van der Waals surface area contributed by atoms with Crippen LogP contribution < -0.4 is 15.9 Å². The summed E-state index contributed by atoms with van der Waals surface area (Å²) in [6.07, 6.45) is 0. The van der Waals surface area contributed by atoms with Crippen LogP contribution in [0.4, 0.5) is 0 Å². The molecule has 0 aromatic heterocycles. The molecule has 124 valence electrons. The second-order valence-electron chi connectivity index (χ2n) is 5.86. The van der Waals surface area contributed by atoms with Crippen molar-refractivity contribution in [3.63, 3.8) is 0 Å². The molecule has 0 unspecified atom stereocenters. The molecule has 1 N–H and O–H groups in total. The van der Waals surface area contributed by atoms with Crippen molar-refractivity contribution in [2.45, 2.75) is 4.90 Å². The van der Waals surface area contributed by atoms with Crippen LogP contribution in [-0.2, 0) is 10.1 Å². The Morgan fingerprint density at radius 1 is 0.667 bits per heavy atom. The zero-order valence-corrected chi connectivity index (χ0v) is 15.1. The summed E-state index contributed by atoms with van der Waals surface area (Å²) in [5.41, 5.74) is 0. The van der Waals surface area contributed by atoms with Gasteiger partial charge < -0.3 is 0 Å². The van der Waals surface area contributed by atoms with E-state index in [4.69, 9.17) is 0 Å². The molecule has 0 radical (unpaired) electrons. The first kappa shape index (κ1) is 16.8. The van der Waals surface area contributed by atoms with Crippen molar-refractivity contribution < 1.29 is 13.0 Å². The second-order valence-corrected chi connectivity index (χ2v) is 11.3. The number of hydrogen-bond acceptors (Lipinski definition) is 2. The van der Waals surface area contributed by atoms with Gasteiger partial charge in [0.2, 0.25) is 0 Å². The van der Waals surface area contributed by atoms with Crippen molar-refractivity contribution in [2.75, 3.05) is 6.66 Å². The molecule has 0 aliphatic carbocycles. The van der Waals surface area contributed by atoms with Gasteiger partial charge in [0.25, 0.3) is 0 Å². The van der Waals surface area contributed by atoms with Crippen LogP contribution in [-0.4, -0.2) is 19.6 Å². The van der Waals surface area contributed by atoms with Gasteiger partial charge in [-0.05, 0) is 0 Å². The van der Waals surface area contributed by atoms with Gasteiger partial charge in [-0.2, -0.15) is 0 Å². The van der Waals surface area contributed by atoms with E-state index < -0.39 is 17.4 Å². The molecule has 0 saturated carbocycles. The van der Waals surface area contributed by atoms with E-state index in [1.54, 1.807) is 0 Å². The Bertz CT molecular complexity index is 882. The van der Waals surface area contributed by atoms with Gasteiger partial charge in [0.15, 0.2) is 0 Å². The van der Waals surface area contributed by atoms with Gasteiger partial charge >= 0.3 is 143 Å². The summed E-state index contributed by atoms with van der Waals surface area (Å²) in [5, 5.41) is 3.58. The van der Waals surface area contributed by atoms with Crippen molar-refractivity contribution in [1.29, 1.82) is 0 Å². The summed E-state index contributed by atoms with van der Waals surface area (Å²) in [5.74, 6) is 0. The minimum atomic E-state index is -4.18. The van der Waals surface area contributed by atoms with Crippen molar-refractivity contribution >= 4 is 33.3 Å². The van der Waals surface area contributed by atoms with E-state index >= 15 is 0 Å². The van der Waals surface area contributed by atoms with Crippen molar-refractivity contribution in [3.8, 4) is 0 Å². The summed E-state index contributed by atoms with van der Waals surface area (Å²) >= 11 is 0. The molecule has 0 saturated heterocycles. The maximum atomic E-state index is 11.3. The average Bonchev–Trinajstić information content (AvgIpc) is 2.62. The predicted octanol–water partition coefficient (Wildman–Crippen LogP) is 2.59. The Morgan fingerprint density at radius 3 is 1.42 bits per heavy atom.